The van der Waals surface area contributed by atoms with E-state index in [9.17, 15) is 14.4 Å². The highest BCUT2D eigenvalue weighted by molar-refractivity contribution is 5.91. The van der Waals surface area contributed by atoms with E-state index >= 15 is 0 Å². The van der Waals surface area contributed by atoms with Gasteiger partial charge >= 0.3 is 6.09 Å². The average Bonchev–Trinajstić information content (AvgIpc) is 3.71. The summed E-state index contributed by atoms with van der Waals surface area (Å²) < 4.78 is 7.22. The molecule has 1 N–H and O–H groups in total. The Labute approximate surface area is 224 Å². The Kier molecular flexibility index (Phi) is 7.22. The third kappa shape index (κ3) is 5.22. The highest BCUT2D eigenvalue weighted by Crippen LogP contribution is 2.37. The van der Waals surface area contributed by atoms with Crippen LogP contribution in [0.3, 0.4) is 0 Å². The Bertz CT molecular complexity index is 1210. The van der Waals surface area contributed by atoms with Gasteiger partial charge in [-0.05, 0) is 80.0 Å². The van der Waals surface area contributed by atoms with Gasteiger partial charge in [0.15, 0.2) is 0 Å². The summed E-state index contributed by atoms with van der Waals surface area (Å²) in [6.07, 6.45) is 14.3. The summed E-state index contributed by atoms with van der Waals surface area (Å²) in [6.45, 7) is 0.745. The second-order valence-electron chi connectivity index (χ2n) is 11.6. The van der Waals surface area contributed by atoms with Gasteiger partial charge in [0.05, 0.1) is 25.0 Å². The van der Waals surface area contributed by atoms with Crippen LogP contribution < -0.4 is 10.2 Å². The van der Waals surface area contributed by atoms with Gasteiger partial charge in [-0.1, -0.05) is 31.7 Å². The topological polar surface area (TPSA) is 93.5 Å². The van der Waals surface area contributed by atoms with Crippen molar-refractivity contribution in [2.24, 2.45) is 11.8 Å². The zero-order chi connectivity index (χ0) is 26.1. The van der Waals surface area contributed by atoms with Crippen LogP contribution in [0.4, 0.5) is 10.5 Å². The van der Waals surface area contributed by atoms with Gasteiger partial charge in [0.25, 0.3) is 0 Å². The molecule has 2 aromatic rings. The van der Waals surface area contributed by atoms with Gasteiger partial charge in [-0.3, -0.25) is 14.5 Å². The first-order chi connectivity index (χ1) is 18.5. The number of ether oxygens (including phenoxy) is 1. The Morgan fingerprint density at radius 1 is 0.947 bits per heavy atom. The average molecular weight is 519 g/mol. The van der Waals surface area contributed by atoms with Crippen molar-refractivity contribution in [1.82, 2.24) is 15.1 Å². The number of nitrogens with one attached hydrogen (secondary N) is 1. The van der Waals surface area contributed by atoms with E-state index in [1.165, 1.54) is 25.7 Å². The summed E-state index contributed by atoms with van der Waals surface area (Å²) >= 11 is 0. The molecule has 2 amide bonds. The lowest BCUT2D eigenvalue weighted by molar-refractivity contribution is -0.122. The molecule has 0 bridgehead atoms. The molecule has 1 aromatic heterocycles. The largest absolute Gasteiger partial charge is 0.442 e. The summed E-state index contributed by atoms with van der Waals surface area (Å²) in [5.74, 6) is 1.09. The van der Waals surface area contributed by atoms with Crippen LogP contribution in [0, 0.1) is 11.8 Å². The Hall–Kier alpha value is -3.16. The molecule has 1 aromatic carbocycles. The number of carbonyl (C=O) groups excluding carboxylic acids is 3. The third-order valence-electron chi connectivity index (χ3n) is 8.92. The monoisotopic (exact) mass is 518 g/mol. The maximum Gasteiger partial charge on any atom is 0.414 e. The molecule has 0 radical (unpaired) electrons. The number of aryl methyl sites for hydroxylation is 2. The molecule has 1 aliphatic heterocycles. The Balaban J connectivity index is 1.14. The predicted molar refractivity (Wildman–Crippen MR) is 144 cm³/mol. The van der Waals surface area contributed by atoms with Crippen molar-refractivity contribution in [1.29, 1.82) is 0 Å². The van der Waals surface area contributed by atoms with Crippen molar-refractivity contribution < 1.29 is 19.1 Å². The molecule has 0 spiro atoms. The Morgan fingerprint density at radius 3 is 2.42 bits per heavy atom. The molecule has 1 atom stereocenters. The maximum atomic E-state index is 13.2. The summed E-state index contributed by atoms with van der Waals surface area (Å²) in [4.78, 5) is 40.0. The zero-order valence-corrected chi connectivity index (χ0v) is 22.1. The van der Waals surface area contributed by atoms with E-state index in [0.29, 0.717) is 37.8 Å². The molecule has 2 heterocycles. The van der Waals surface area contributed by atoms with Crippen molar-refractivity contribution in [3.8, 4) is 11.3 Å². The number of nitrogens with zero attached hydrogens (tertiary/aromatic N) is 3. The number of benzene rings is 1. The van der Waals surface area contributed by atoms with Crippen LogP contribution in [-0.2, 0) is 22.4 Å². The van der Waals surface area contributed by atoms with Crippen LogP contribution in [0.2, 0.25) is 0 Å². The standard InChI is InChI=1S/C30H38N4O4/c35-27(14-20-6-1-2-7-20)31-18-25-19-33(30(37)38-25)24-12-13-26-22(16-24)10-5-11-23-17-32-34(29(23)26)28(36)15-21-8-3-4-9-21/h12-13,16-17,20-21,25H,1-11,14-15,18-19H2,(H,31,35). The van der Waals surface area contributed by atoms with E-state index < -0.39 is 0 Å². The molecule has 6 rings (SSSR count). The molecule has 8 nitrogen and oxygen atoms in total. The highest BCUT2D eigenvalue weighted by Gasteiger charge is 2.34. The quantitative estimate of drug-likeness (QED) is 0.538. The lowest BCUT2D eigenvalue weighted by Crippen LogP contribution is -2.35. The van der Waals surface area contributed by atoms with E-state index in [1.807, 2.05) is 18.3 Å². The SMILES string of the molecule is O=C(CC1CCCC1)NCC1CN(c2ccc3c(c2)CCCc2cnn(C(=O)CC4CCCC4)c2-3)C(=O)O1. The molecule has 2 saturated carbocycles. The number of cyclic esters (lactones) is 1. The predicted octanol–water partition coefficient (Wildman–Crippen LogP) is 5.28. The van der Waals surface area contributed by atoms with Crippen molar-refractivity contribution in [3.05, 3.63) is 35.5 Å². The molecule has 1 saturated heterocycles. The molecule has 3 aliphatic carbocycles. The fourth-order valence-electron chi connectivity index (χ4n) is 6.86. The molecule has 8 heteroatoms. The molecular formula is C30H38N4O4. The fourth-order valence-corrected chi connectivity index (χ4v) is 6.86. The lowest BCUT2D eigenvalue weighted by Gasteiger charge is -2.17. The summed E-state index contributed by atoms with van der Waals surface area (Å²) in [5.41, 5.74) is 4.98. The van der Waals surface area contributed by atoms with Gasteiger partial charge in [-0.25, -0.2) is 4.79 Å². The smallest absolute Gasteiger partial charge is 0.414 e. The highest BCUT2D eigenvalue weighted by atomic mass is 16.6. The molecular weight excluding hydrogens is 480 g/mol. The normalized spacial score (nSPS) is 21.7. The van der Waals surface area contributed by atoms with Gasteiger partial charge in [-0.2, -0.15) is 9.78 Å². The van der Waals surface area contributed by atoms with E-state index in [-0.39, 0.29) is 24.0 Å². The summed E-state index contributed by atoms with van der Waals surface area (Å²) in [7, 11) is 0. The number of hydrogen-bond acceptors (Lipinski definition) is 5. The van der Waals surface area contributed by atoms with Crippen LogP contribution in [-0.4, -0.2) is 46.9 Å². The molecule has 4 aliphatic rings. The van der Waals surface area contributed by atoms with Gasteiger partial charge in [-0.15, -0.1) is 0 Å². The second kappa shape index (κ2) is 10.9. The minimum atomic E-state index is -0.383. The molecule has 3 fully saturated rings. The van der Waals surface area contributed by atoms with Crippen LogP contribution in [0.25, 0.3) is 11.3 Å². The minimum Gasteiger partial charge on any atom is -0.442 e. The van der Waals surface area contributed by atoms with E-state index in [4.69, 9.17) is 4.74 Å². The molecule has 202 valence electrons. The number of rotatable bonds is 7. The second-order valence-corrected chi connectivity index (χ2v) is 11.6. The minimum absolute atomic E-state index is 0.0475. The summed E-state index contributed by atoms with van der Waals surface area (Å²) in [6, 6.07) is 6.03. The number of aromatic nitrogens is 2. The fraction of sp³-hybridized carbons (Fsp3) is 0.600. The van der Waals surface area contributed by atoms with E-state index in [0.717, 1.165) is 73.0 Å². The van der Waals surface area contributed by atoms with E-state index in [2.05, 4.69) is 16.5 Å². The van der Waals surface area contributed by atoms with Crippen molar-refractivity contribution in [2.45, 2.75) is 89.6 Å². The first-order valence-electron chi connectivity index (χ1n) is 14.5. The van der Waals surface area contributed by atoms with Gasteiger partial charge in [0.1, 0.15) is 6.10 Å². The number of anilines is 1. The Morgan fingerprint density at radius 2 is 1.66 bits per heavy atom. The zero-order valence-electron chi connectivity index (χ0n) is 22.1. The lowest BCUT2D eigenvalue weighted by atomic mass is 10.00. The molecule has 1 unspecified atom stereocenters. The van der Waals surface area contributed by atoms with Crippen LogP contribution in [0.15, 0.2) is 24.4 Å². The van der Waals surface area contributed by atoms with Gasteiger partial charge in [0, 0.05) is 24.1 Å². The number of amides is 2. The van der Waals surface area contributed by atoms with Crippen LogP contribution in [0.5, 0.6) is 0 Å². The van der Waals surface area contributed by atoms with Crippen LogP contribution in [0.1, 0.15) is 86.6 Å². The number of fused-ring (bicyclic) bond motifs is 3. The van der Waals surface area contributed by atoms with Crippen molar-refractivity contribution >= 4 is 23.6 Å². The van der Waals surface area contributed by atoms with E-state index in [1.54, 1.807) is 9.58 Å². The molecule has 38 heavy (non-hydrogen) atoms. The van der Waals surface area contributed by atoms with Crippen molar-refractivity contribution in [3.63, 3.8) is 0 Å². The summed E-state index contributed by atoms with van der Waals surface area (Å²) in [5, 5.41) is 7.49. The van der Waals surface area contributed by atoms with Crippen molar-refractivity contribution in [2.75, 3.05) is 18.0 Å². The van der Waals surface area contributed by atoms with Crippen LogP contribution >= 0.6 is 0 Å². The number of hydrogen-bond donors (Lipinski definition) is 1. The number of carbonyl (C=O) groups is 3. The van der Waals surface area contributed by atoms with Gasteiger partial charge < -0.3 is 10.1 Å². The van der Waals surface area contributed by atoms with Gasteiger partial charge in [0.2, 0.25) is 11.8 Å². The third-order valence-corrected chi connectivity index (χ3v) is 8.92. The first-order valence-corrected chi connectivity index (χ1v) is 14.5. The maximum absolute atomic E-state index is 13.2. The first kappa shape index (κ1) is 25.1.